The van der Waals surface area contributed by atoms with Crippen LogP contribution in [-0.4, -0.2) is 71.4 Å². The number of aromatic nitrogens is 5. The fourth-order valence-electron chi connectivity index (χ4n) is 3.22. The number of methoxy groups -OCH3 is 1. The second-order valence-electron chi connectivity index (χ2n) is 6.50. The molecule has 0 amide bonds. The zero-order valence-corrected chi connectivity index (χ0v) is 15.0. The van der Waals surface area contributed by atoms with Crippen molar-refractivity contribution < 1.29 is 4.74 Å². The van der Waals surface area contributed by atoms with Gasteiger partial charge in [-0.25, -0.2) is 15.0 Å². The van der Waals surface area contributed by atoms with Crippen molar-refractivity contribution in [2.24, 2.45) is 0 Å². The zero-order chi connectivity index (χ0) is 18.1. The molecule has 2 atom stereocenters. The highest BCUT2D eigenvalue weighted by Gasteiger charge is 2.34. The molecule has 0 aromatic carbocycles. The number of fused-ring (bicyclic) bond motifs is 1. The van der Waals surface area contributed by atoms with Gasteiger partial charge in [-0.3, -0.25) is 0 Å². The third-order valence-electron chi connectivity index (χ3n) is 4.58. The molecule has 3 aromatic heterocycles. The van der Waals surface area contributed by atoms with Gasteiger partial charge in [0.05, 0.1) is 24.0 Å². The third-order valence-corrected chi connectivity index (χ3v) is 4.58. The van der Waals surface area contributed by atoms with E-state index in [0.29, 0.717) is 5.95 Å². The zero-order valence-electron chi connectivity index (χ0n) is 15.0. The van der Waals surface area contributed by atoms with Gasteiger partial charge in [0.1, 0.15) is 11.3 Å². The predicted octanol–water partition coefficient (Wildman–Crippen LogP) is 1.13. The molecule has 3 aromatic rings. The molecule has 1 aliphatic heterocycles. The first-order valence-corrected chi connectivity index (χ1v) is 8.48. The molecule has 1 aliphatic rings. The molecule has 0 unspecified atom stereocenters. The maximum absolute atomic E-state index is 5.70. The minimum Gasteiger partial charge on any atom is -0.377 e. The van der Waals surface area contributed by atoms with Crippen molar-refractivity contribution in [1.82, 2.24) is 24.9 Å². The van der Waals surface area contributed by atoms with Crippen LogP contribution in [0.25, 0.3) is 11.0 Å². The molecular formula is C17H22N8O. The molecule has 0 saturated carbocycles. The van der Waals surface area contributed by atoms with Gasteiger partial charge in [0.2, 0.25) is 5.95 Å². The van der Waals surface area contributed by atoms with Crippen LogP contribution in [0.5, 0.6) is 0 Å². The first-order valence-electron chi connectivity index (χ1n) is 8.48. The molecule has 4 heterocycles. The van der Waals surface area contributed by atoms with E-state index in [1.54, 1.807) is 25.8 Å². The number of H-pyrrole nitrogens is 1. The number of aromatic amines is 1. The largest absolute Gasteiger partial charge is 0.377 e. The first-order chi connectivity index (χ1) is 12.7. The van der Waals surface area contributed by atoms with E-state index in [9.17, 15) is 0 Å². The van der Waals surface area contributed by atoms with Crippen molar-refractivity contribution >= 4 is 28.6 Å². The van der Waals surface area contributed by atoms with Crippen LogP contribution >= 0.6 is 0 Å². The SMILES string of the molecule is CO[C@@H]1CN(c2ccnc(N(C)C)n2)C[C@@H]1Nc1nccc2[nH]cnc12. The minimum atomic E-state index is 0.0174. The standard InChI is InChI=1S/C17H22N8O/c1-24(2)17-19-7-5-14(23-17)25-8-12(13(9-25)26-3)22-16-15-11(4-6-18-16)20-10-21-15/h4-7,10,12-13H,8-9H2,1-3H3,(H,18,22)(H,20,21)/t12-,13+/m0/s1. The van der Waals surface area contributed by atoms with E-state index in [4.69, 9.17) is 4.74 Å². The van der Waals surface area contributed by atoms with Gasteiger partial charge in [-0.2, -0.15) is 4.98 Å². The van der Waals surface area contributed by atoms with Gasteiger partial charge < -0.3 is 24.8 Å². The fourth-order valence-corrected chi connectivity index (χ4v) is 3.22. The summed E-state index contributed by atoms with van der Waals surface area (Å²) in [5.41, 5.74) is 1.79. The van der Waals surface area contributed by atoms with Crippen LogP contribution in [0, 0.1) is 0 Å². The summed E-state index contributed by atoms with van der Waals surface area (Å²) in [5, 5.41) is 3.49. The Labute approximate surface area is 151 Å². The number of rotatable bonds is 5. The van der Waals surface area contributed by atoms with Crippen LogP contribution in [-0.2, 0) is 4.74 Å². The van der Waals surface area contributed by atoms with Gasteiger partial charge in [0.25, 0.3) is 0 Å². The van der Waals surface area contributed by atoms with Gasteiger partial charge in [0, 0.05) is 46.7 Å². The van der Waals surface area contributed by atoms with Gasteiger partial charge in [0.15, 0.2) is 5.82 Å². The lowest BCUT2D eigenvalue weighted by Crippen LogP contribution is -2.34. The lowest BCUT2D eigenvalue weighted by Gasteiger charge is -2.19. The highest BCUT2D eigenvalue weighted by molar-refractivity contribution is 5.85. The van der Waals surface area contributed by atoms with Crippen molar-refractivity contribution in [3.8, 4) is 0 Å². The van der Waals surface area contributed by atoms with E-state index in [0.717, 1.165) is 35.8 Å². The molecule has 4 rings (SSSR count). The molecule has 136 valence electrons. The maximum atomic E-state index is 5.70. The summed E-state index contributed by atoms with van der Waals surface area (Å²) in [4.78, 5) is 24.9. The average Bonchev–Trinajstić information content (AvgIpc) is 3.29. The smallest absolute Gasteiger partial charge is 0.226 e. The summed E-state index contributed by atoms with van der Waals surface area (Å²) in [5.74, 6) is 2.34. The number of anilines is 3. The number of nitrogens with one attached hydrogen (secondary N) is 2. The summed E-state index contributed by atoms with van der Waals surface area (Å²) in [6.45, 7) is 1.50. The number of hydrogen-bond acceptors (Lipinski definition) is 8. The average molecular weight is 354 g/mol. The Kier molecular flexibility index (Phi) is 4.29. The quantitative estimate of drug-likeness (QED) is 0.704. The lowest BCUT2D eigenvalue weighted by molar-refractivity contribution is 0.113. The Morgan fingerprint density at radius 3 is 2.85 bits per heavy atom. The molecule has 0 aliphatic carbocycles. The Hall–Kier alpha value is -2.94. The molecular weight excluding hydrogens is 332 g/mol. The number of nitrogens with zero attached hydrogens (tertiary/aromatic N) is 6. The maximum Gasteiger partial charge on any atom is 0.226 e. The Bertz CT molecular complexity index is 895. The molecule has 1 fully saturated rings. The fraction of sp³-hybridized carbons (Fsp3) is 0.412. The van der Waals surface area contributed by atoms with Crippen molar-refractivity contribution in [2.45, 2.75) is 12.1 Å². The van der Waals surface area contributed by atoms with E-state index in [1.165, 1.54) is 0 Å². The summed E-state index contributed by atoms with van der Waals surface area (Å²) in [7, 11) is 5.60. The van der Waals surface area contributed by atoms with Crippen molar-refractivity contribution in [1.29, 1.82) is 0 Å². The monoisotopic (exact) mass is 354 g/mol. The molecule has 2 N–H and O–H groups in total. The van der Waals surface area contributed by atoms with Gasteiger partial charge >= 0.3 is 0 Å². The Balaban J connectivity index is 1.56. The summed E-state index contributed by atoms with van der Waals surface area (Å²) in [6, 6.07) is 3.91. The molecule has 26 heavy (non-hydrogen) atoms. The number of imidazole rings is 1. The number of hydrogen-bond donors (Lipinski definition) is 2. The van der Waals surface area contributed by atoms with Crippen LogP contribution in [0.2, 0.25) is 0 Å². The topological polar surface area (TPSA) is 95.1 Å². The molecule has 9 nitrogen and oxygen atoms in total. The summed E-state index contributed by atoms with van der Waals surface area (Å²) in [6.07, 6.45) is 5.25. The summed E-state index contributed by atoms with van der Waals surface area (Å²) >= 11 is 0. The van der Waals surface area contributed by atoms with Crippen LogP contribution in [0.15, 0.2) is 30.9 Å². The highest BCUT2D eigenvalue weighted by atomic mass is 16.5. The lowest BCUT2D eigenvalue weighted by atomic mass is 10.2. The van der Waals surface area contributed by atoms with E-state index >= 15 is 0 Å². The van der Waals surface area contributed by atoms with Gasteiger partial charge in [-0.15, -0.1) is 0 Å². The molecule has 0 spiro atoms. The van der Waals surface area contributed by atoms with E-state index < -0.39 is 0 Å². The van der Waals surface area contributed by atoms with Gasteiger partial charge in [-0.05, 0) is 12.1 Å². The second kappa shape index (κ2) is 6.75. The van der Waals surface area contributed by atoms with E-state index in [-0.39, 0.29) is 12.1 Å². The molecule has 1 saturated heterocycles. The van der Waals surface area contributed by atoms with Crippen LogP contribution in [0.4, 0.5) is 17.6 Å². The van der Waals surface area contributed by atoms with Crippen molar-refractivity contribution in [3.05, 3.63) is 30.9 Å². The Morgan fingerprint density at radius 1 is 1.19 bits per heavy atom. The number of pyridine rings is 1. The minimum absolute atomic E-state index is 0.0174. The van der Waals surface area contributed by atoms with Crippen LogP contribution in [0.1, 0.15) is 0 Å². The number of ether oxygens (including phenoxy) is 1. The van der Waals surface area contributed by atoms with Crippen LogP contribution < -0.4 is 15.1 Å². The predicted molar refractivity (Wildman–Crippen MR) is 101 cm³/mol. The summed E-state index contributed by atoms with van der Waals surface area (Å²) < 4.78 is 5.70. The van der Waals surface area contributed by atoms with E-state index in [2.05, 4.69) is 35.1 Å². The van der Waals surface area contributed by atoms with Crippen molar-refractivity contribution in [2.75, 3.05) is 49.4 Å². The first kappa shape index (κ1) is 16.5. The normalized spacial score (nSPS) is 19.9. The second-order valence-corrected chi connectivity index (χ2v) is 6.50. The molecule has 0 radical (unpaired) electrons. The third kappa shape index (κ3) is 3.01. The molecule has 0 bridgehead atoms. The van der Waals surface area contributed by atoms with E-state index in [1.807, 2.05) is 31.1 Å². The van der Waals surface area contributed by atoms with Gasteiger partial charge in [-0.1, -0.05) is 0 Å². The highest BCUT2D eigenvalue weighted by Crippen LogP contribution is 2.25. The van der Waals surface area contributed by atoms with Crippen molar-refractivity contribution in [3.63, 3.8) is 0 Å². The van der Waals surface area contributed by atoms with Crippen LogP contribution in [0.3, 0.4) is 0 Å². The molecule has 9 heteroatoms. The Morgan fingerprint density at radius 2 is 2.04 bits per heavy atom.